The van der Waals surface area contributed by atoms with Gasteiger partial charge in [-0.3, -0.25) is 10.1 Å². The average molecular weight is 354 g/mol. The molecule has 8 nitrogen and oxygen atoms in total. The summed E-state index contributed by atoms with van der Waals surface area (Å²) in [5, 5.41) is 17.0. The summed E-state index contributed by atoms with van der Waals surface area (Å²) in [5.41, 5.74) is 2.31. The Bertz CT molecular complexity index is 915. The van der Waals surface area contributed by atoms with Crippen LogP contribution in [-0.4, -0.2) is 26.4 Å². The lowest BCUT2D eigenvalue weighted by Crippen LogP contribution is -2.31. The molecule has 0 atom stereocenters. The fourth-order valence-electron chi connectivity index (χ4n) is 2.92. The third kappa shape index (κ3) is 3.01. The third-order valence-corrected chi connectivity index (χ3v) is 4.76. The Morgan fingerprint density at radius 2 is 2.04 bits per heavy atom. The maximum atomic E-state index is 11.7. The molecule has 3 heterocycles. The van der Waals surface area contributed by atoms with Crippen LogP contribution in [0, 0.1) is 10.1 Å². The highest BCUT2D eigenvalue weighted by molar-refractivity contribution is 7.13. The molecule has 0 radical (unpaired) electrons. The monoisotopic (exact) mass is 354 g/mol. The second kappa shape index (κ2) is 6.44. The van der Waals surface area contributed by atoms with Gasteiger partial charge in [-0.05, 0) is 17.5 Å². The molecule has 3 aromatic rings. The molecule has 0 bridgehead atoms. The van der Waals surface area contributed by atoms with Gasteiger partial charge in [0.25, 0.3) is 0 Å². The Morgan fingerprint density at radius 3 is 2.80 bits per heavy atom. The summed E-state index contributed by atoms with van der Waals surface area (Å²) in [6, 6.07) is 8.13. The van der Waals surface area contributed by atoms with E-state index in [1.807, 2.05) is 23.1 Å². The predicted molar refractivity (Wildman–Crippen MR) is 95.3 cm³/mol. The van der Waals surface area contributed by atoms with E-state index in [0.29, 0.717) is 24.0 Å². The van der Waals surface area contributed by atoms with Gasteiger partial charge in [-0.1, -0.05) is 24.3 Å². The quantitative estimate of drug-likeness (QED) is 0.568. The Morgan fingerprint density at radius 1 is 1.20 bits per heavy atom. The van der Waals surface area contributed by atoms with Gasteiger partial charge < -0.3 is 10.2 Å². The van der Waals surface area contributed by atoms with Crippen LogP contribution in [0.4, 0.5) is 22.5 Å². The number of nitrogens with zero attached hydrogens (tertiary/aromatic N) is 5. The minimum atomic E-state index is -0.439. The van der Waals surface area contributed by atoms with Crippen LogP contribution in [0.3, 0.4) is 0 Å². The van der Waals surface area contributed by atoms with Gasteiger partial charge >= 0.3 is 5.69 Å². The maximum Gasteiger partial charge on any atom is 0.353 e. The van der Waals surface area contributed by atoms with Crippen LogP contribution in [0.25, 0.3) is 0 Å². The van der Waals surface area contributed by atoms with E-state index >= 15 is 0 Å². The van der Waals surface area contributed by atoms with Crippen LogP contribution in [0.1, 0.15) is 11.1 Å². The average Bonchev–Trinajstić information content (AvgIpc) is 3.14. The fourth-order valence-corrected chi connectivity index (χ4v) is 3.45. The normalized spacial score (nSPS) is 13.4. The summed E-state index contributed by atoms with van der Waals surface area (Å²) in [6.07, 6.45) is 3.80. The first kappa shape index (κ1) is 15.5. The molecule has 126 valence electrons. The zero-order valence-electron chi connectivity index (χ0n) is 13.1. The molecule has 9 heteroatoms. The molecular weight excluding hydrogens is 340 g/mol. The van der Waals surface area contributed by atoms with Crippen molar-refractivity contribution >= 4 is 33.8 Å². The van der Waals surface area contributed by atoms with Crippen LogP contribution < -0.4 is 10.2 Å². The van der Waals surface area contributed by atoms with E-state index in [1.54, 1.807) is 11.6 Å². The molecule has 0 unspecified atom stereocenters. The van der Waals surface area contributed by atoms with Crippen molar-refractivity contribution in [2.45, 2.75) is 13.0 Å². The summed E-state index contributed by atoms with van der Waals surface area (Å²) in [5.74, 6) is 0.484. The largest absolute Gasteiger partial charge is 0.353 e. The molecule has 25 heavy (non-hydrogen) atoms. The number of aromatic nitrogens is 3. The van der Waals surface area contributed by atoms with E-state index in [4.69, 9.17) is 0 Å². The molecular formula is C16H14N6O2S. The Kier molecular flexibility index (Phi) is 3.98. The number of nitro groups is 1. The molecule has 1 aliphatic heterocycles. The summed E-state index contributed by atoms with van der Waals surface area (Å²) in [6.45, 7) is 1.26. The van der Waals surface area contributed by atoms with E-state index < -0.39 is 4.92 Å². The van der Waals surface area contributed by atoms with Gasteiger partial charge in [0.2, 0.25) is 11.6 Å². The fraction of sp³-hybridized carbons (Fsp3) is 0.188. The Labute approximate surface area is 147 Å². The first-order valence-corrected chi connectivity index (χ1v) is 8.58. The summed E-state index contributed by atoms with van der Waals surface area (Å²) in [4.78, 5) is 25.5. The molecule has 1 N–H and O–H groups in total. The smallest absolute Gasteiger partial charge is 0.346 e. The molecule has 0 amide bonds. The number of hydrogen-bond acceptors (Lipinski definition) is 8. The van der Waals surface area contributed by atoms with Crippen molar-refractivity contribution in [1.82, 2.24) is 15.0 Å². The van der Waals surface area contributed by atoms with Crippen LogP contribution in [0.5, 0.6) is 0 Å². The van der Waals surface area contributed by atoms with Crippen LogP contribution >= 0.6 is 11.3 Å². The number of hydrogen-bond donors (Lipinski definition) is 1. The number of rotatable bonds is 4. The highest BCUT2D eigenvalue weighted by Gasteiger charge is 2.29. The lowest BCUT2D eigenvalue weighted by molar-refractivity contribution is -0.383. The van der Waals surface area contributed by atoms with Crippen molar-refractivity contribution in [3.05, 3.63) is 63.4 Å². The lowest BCUT2D eigenvalue weighted by Gasteiger charge is -2.29. The van der Waals surface area contributed by atoms with Crippen molar-refractivity contribution in [2.24, 2.45) is 0 Å². The van der Waals surface area contributed by atoms with E-state index in [-0.39, 0.29) is 11.5 Å². The molecule has 1 aromatic carbocycles. The zero-order chi connectivity index (χ0) is 17.2. The van der Waals surface area contributed by atoms with Crippen molar-refractivity contribution in [2.75, 3.05) is 16.8 Å². The van der Waals surface area contributed by atoms with E-state index in [9.17, 15) is 10.1 Å². The minimum absolute atomic E-state index is 0.128. The van der Waals surface area contributed by atoms with Gasteiger partial charge in [0.1, 0.15) is 6.33 Å². The molecule has 0 saturated heterocycles. The van der Waals surface area contributed by atoms with Crippen LogP contribution in [-0.2, 0) is 13.0 Å². The van der Waals surface area contributed by atoms with Crippen LogP contribution in [0.2, 0.25) is 0 Å². The topological polar surface area (TPSA) is 97.1 Å². The molecule has 0 fully saturated rings. The van der Waals surface area contributed by atoms with Gasteiger partial charge in [0.15, 0.2) is 5.13 Å². The minimum Gasteiger partial charge on any atom is -0.346 e. The second-order valence-electron chi connectivity index (χ2n) is 5.55. The second-order valence-corrected chi connectivity index (χ2v) is 6.45. The number of benzene rings is 1. The number of fused-ring (bicyclic) bond motifs is 1. The van der Waals surface area contributed by atoms with Crippen molar-refractivity contribution in [3.8, 4) is 0 Å². The van der Waals surface area contributed by atoms with Gasteiger partial charge in [0, 0.05) is 24.7 Å². The van der Waals surface area contributed by atoms with E-state index in [2.05, 4.69) is 26.3 Å². The SMILES string of the molecule is O=[N+]([O-])c1c(Nc2nccs2)ncnc1N1CCc2ccccc2C1. The van der Waals surface area contributed by atoms with Gasteiger partial charge in [-0.15, -0.1) is 11.3 Å². The summed E-state index contributed by atoms with van der Waals surface area (Å²) < 4.78 is 0. The molecule has 4 rings (SSSR count). The highest BCUT2D eigenvalue weighted by Crippen LogP contribution is 2.35. The van der Waals surface area contributed by atoms with Crippen molar-refractivity contribution < 1.29 is 4.92 Å². The summed E-state index contributed by atoms with van der Waals surface area (Å²) in [7, 11) is 0. The molecule has 0 aliphatic carbocycles. The third-order valence-electron chi connectivity index (χ3n) is 4.07. The van der Waals surface area contributed by atoms with Crippen LogP contribution in [0.15, 0.2) is 42.2 Å². The Balaban J connectivity index is 1.71. The predicted octanol–water partition coefficient (Wildman–Crippen LogP) is 3.15. The number of anilines is 3. The molecule has 1 aliphatic rings. The van der Waals surface area contributed by atoms with E-state index in [1.165, 1.54) is 23.2 Å². The standard InChI is InChI=1S/C16H14N6O2S/c23-22(24)13-14(20-16-17-6-8-25-16)18-10-19-15(13)21-7-5-11-3-1-2-4-12(11)9-21/h1-4,6,8,10H,5,7,9H2,(H,17,18,19,20). The summed E-state index contributed by atoms with van der Waals surface area (Å²) >= 11 is 1.35. The molecule has 0 spiro atoms. The van der Waals surface area contributed by atoms with Crippen molar-refractivity contribution in [1.29, 1.82) is 0 Å². The van der Waals surface area contributed by atoms with E-state index in [0.717, 1.165) is 12.0 Å². The van der Waals surface area contributed by atoms with Gasteiger partial charge in [-0.25, -0.2) is 15.0 Å². The molecule has 0 saturated carbocycles. The number of thiazole rings is 1. The highest BCUT2D eigenvalue weighted by atomic mass is 32.1. The number of nitrogens with one attached hydrogen (secondary N) is 1. The Hall–Kier alpha value is -3.07. The van der Waals surface area contributed by atoms with Gasteiger partial charge in [-0.2, -0.15) is 0 Å². The first-order chi connectivity index (χ1) is 12.2. The zero-order valence-corrected chi connectivity index (χ0v) is 13.9. The first-order valence-electron chi connectivity index (χ1n) is 7.70. The van der Waals surface area contributed by atoms with Gasteiger partial charge in [0.05, 0.1) is 4.92 Å². The lowest BCUT2D eigenvalue weighted by atomic mass is 10.00. The van der Waals surface area contributed by atoms with Crippen molar-refractivity contribution in [3.63, 3.8) is 0 Å². The maximum absolute atomic E-state index is 11.7. The molecule has 2 aromatic heterocycles.